The molecule has 3 rings (SSSR count). The van der Waals surface area contributed by atoms with Gasteiger partial charge in [0.15, 0.2) is 9.84 Å². The second-order valence-corrected chi connectivity index (χ2v) is 8.11. The van der Waals surface area contributed by atoms with Gasteiger partial charge in [0.2, 0.25) is 0 Å². The Morgan fingerprint density at radius 2 is 1.50 bits per heavy atom. The number of nitrogens with zero attached hydrogens (tertiary/aromatic N) is 2. The topological polar surface area (TPSA) is 60.9 Å². The lowest BCUT2D eigenvalue weighted by atomic mass is 10.2. The fraction of sp³-hybridized carbons (Fsp3) is 0.333. The number of para-hydroxylation sites is 1. The summed E-state index contributed by atoms with van der Waals surface area (Å²) in [5.41, 5.74) is 1.87. The van der Waals surface area contributed by atoms with Crippen molar-refractivity contribution in [3.63, 3.8) is 0 Å². The molecule has 128 valence electrons. The fourth-order valence-corrected chi connectivity index (χ4v) is 4.12. The van der Waals surface area contributed by atoms with Crippen LogP contribution in [0.15, 0.2) is 53.4 Å². The van der Waals surface area contributed by atoms with Crippen LogP contribution in [-0.2, 0) is 9.84 Å². The summed E-state index contributed by atoms with van der Waals surface area (Å²) < 4.78 is 24.6. The van der Waals surface area contributed by atoms with Crippen molar-refractivity contribution in [2.45, 2.75) is 11.8 Å². The Balaban J connectivity index is 1.77. The number of anilines is 2. The van der Waals surface area contributed by atoms with Gasteiger partial charge in [0.1, 0.15) is 5.75 Å². The summed E-state index contributed by atoms with van der Waals surface area (Å²) in [5, 5.41) is 9.39. The first kappa shape index (κ1) is 16.6. The van der Waals surface area contributed by atoms with Crippen LogP contribution in [0.5, 0.6) is 5.75 Å². The highest BCUT2D eigenvalue weighted by molar-refractivity contribution is 7.91. The van der Waals surface area contributed by atoms with Crippen molar-refractivity contribution in [3.05, 3.63) is 48.5 Å². The number of hydrogen-bond acceptors (Lipinski definition) is 5. The maximum atomic E-state index is 12.3. The highest BCUT2D eigenvalue weighted by Gasteiger charge is 2.23. The zero-order valence-corrected chi connectivity index (χ0v) is 14.5. The molecule has 0 saturated carbocycles. The molecular formula is C18H22N2O3S. The van der Waals surface area contributed by atoms with Crippen molar-refractivity contribution in [2.24, 2.45) is 0 Å². The number of hydrogen-bond donors (Lipinski definition) is 1. The van der Waals surface area contributed by atoms with E-state index in [0.29, 0.717) is 4.90 Å². The molecule has 0 radical (unpaired) electrons. The van der Waals surface area contributed by atoms with Gasteiger partial charge in [0.05, 0.1) is 16.3 Å². The minimum atomic E-state index is -3.23. The quantitative estimate of drug-likeness (QED) is 0.922. The Bertz CT molecular complexity index is 795. The average Bonchev–Trinajstić information content (AvgIpc) is 2.62. The van der Waals surface area contributed by atoms with E-state index >= 15 is 0 Å². The second-order valence-electron chi connectivity index (χ2n) is 5.86. The van der Waals surface area contributed by atoms with E-state index in [-0.39, 0.29) is 11.5 Å². The first-order valence-electron chi connectivity index (χ1n) is 8.12. The minimum absolute atomic E-state index is 0.109. The normalized spacial score (nSPS) is 15.5. The molecule has 24 heavy (non-hydrogen) atoms. The van der Waals surface area contributed by atoms with E-state index in [4.69, 9.17) is 0 Å². The lowest BCUT2D eigenvalue weighted by Crippen LogP contribution is -2.46. The predicted molar refractivity (Wildman–Crippen MR) is 96.7 cm³/mol. The summed E-state index contributed by atoms with van der Waals surface area (Å²) in [5.74, 6) is 0.369. The van der Waals surface area contributed by atoms with Gasteiger partial charge in [0, 0.05) is 31.9 Å². The number of rotatable bonds is 4. The smallest absolute Gasteiger partial charge is 0.180 e. The van der Waals surface area contributed by atoms with Crippen molar-refractivity contribution in [1.29, 1.82) is 0 Å². The summed E-state index contributed by atoms with van der Waals surface area (Å²) in [4.78, 5) is 4.80. The molecule has 0 bridgehead atoms. The molecule has 0 amide bonds. The van der Waals surface area contributed by atoms with Gasteiger partial charge in [-0.2, -0.15) is 0 Å². The predicted octanol–water partition coefficient (Wildman–Crippen LogP) is 2.51. The zero-order valence-electron chi connectivity index (χ0n) is 13.7. The fourth-order valence-electron chi connectivity index (χ4n) is 3.01. The van der Waals surface area contributed by atoms with Crippen LogP contribution in [0.2, 0.25) is 0 Å². The Morgan fingerprint density at radius 1 is 0.917 bits per heavy atom. The molecule has 0 spiro atoms. The van der Waals surface area contributed by atoms with Crippen molar-refractivity contribution in [2.75, 3.05) is 41.7 Å². The van der Waals surface area contributed by atoms with Crippen molar-refractivity contribution in [3.8, 4) is 5.75 Å². The van der Waals surface area contributed by atoms with Crippen LogP contribution < -0.4 is 9.80 Å². The molecule has 6 heteroatoms. The lowest BCUT2D eigenvalue weighted by molar-refractivity contribution is 0.475. The molecular weight excluding hydrogens is 324 g/mol. The molecule has 1 N–H and O–H groups in total. The number of aromatic hydroxyl groups is 1. The van der Waals surface area contributed by atoms with Crippen LogP contribution in [0.4, 0.5) is 11.4 Å². The average molecular weight is 346 g/mol. The Morgan fingerprint density at radius 3 is 2.12 bits per heavy atom. The second kappa shape index (κ2) is 6.73. The highest BCUT2D eigenvalue weighted by Crippen LogP contribution is 2.28. The monoisotopic (exact) mass is 346 g/mol. The molecule has 0 unspecified atom stereocenters. The van der Waals surface area contributed by atoms with Gasteiger partial charge < -0.3 is 14.9 Å². The SMILES string of the molecule is CCS(=O)(=O)c1ccccc1N1CCN(c2ccc(O)cc2)CC1. The number of piperazine rings is 1. The minimum Gasteiger partial charge on any atom is -0.508 e. The van der Waals surface area contributed by atoms with Gasteiger partial charge in [-0.3, -0.25) is 0 Å². The van der Waals surface area contributed by atoms with Gasteiger partial charge >= 0.3 is 0 Å². The molecule has 1 heterocycles. The summed E-state index contributed by atoms with van der Waals surface area (Å²) in [6.45, 7) is 4.82. The molecule has 2 aromatic carbocycles. The van der Waals surface area contributed by atoms with Crippen LogP contribution in [-0.4, -0.2) is 45.5 Å². The number of phenolic OH excluding ortho intramolecular Hbond substituents is 1. The van der Waals surface area contributed by atoms with E-state index in [1.807, 2.05) is 24.3 Å². The summed E-state index contributed by atoms with van der Waals surface area (Å²) in [6.07, 6.45) is 0. The standard InChI is InChI=1S/C18H22N2O3S/c1-2-24(22,23)18-6-4-3-5-17(18)20-13-11-19(12-14-20)15-7-9-16(21)10-8-15/h3-10,21H,2,11-14H2,1H3. The number of phenols is 1. The highest BCUT2D eigenvalue weighted by atomic mass is 32.2. The maximum absolute atomic E-state index is 12.3. The van der Waals surface area contributed by atoms with Crippen LogP contribution >= 0.6 is 0 Å². The van der Waals surface area contributed by atoms with Gasteiger partial charge in [0.25, 0.3) is 0 Å². The van der Waals surface area contributed by atoms with Crippen LogP contribution in [0.3, 0.4) is 0 Å². The Kier molecular flexibility index (Phi) is 4.66. The molecule has 0 aliphatic carbocycles. The van der Waals surface area contributed by atoms with E-state index in [1.54, 1.807) is 31.2 Å². The summed E-state index contributed by atoms with van der Waals surface area (Å²) in [6, 6.07) is 14.4. The molecule has 5 nitrogen and oxygen atoms in total. The van der Waals surface area contributed by atoms with Gasteiger partial charge in [-0.15, -0.1) is 0 Å². The molecule has 1 aliphatic rings. The van der Waals surface area contributed by atoms with Crippen molar-refractivity contribution >= 4 is 21.2 Å². The molecule has 1 fully saturated rings. The largest absolute Gasteiger partial charge is 0.508 e. The van der Waals surface area contributed by atoms with Crippen molar-refractivity contribution in [1.82, 2.24) is 0 Å². The third kappa shape index (κ3) is 3.33. The first-order chi connectivity index (χ1) is 11.5. The van der Waals surface area contributed by atoms with Crippen LogP contribution in [0, 0.1) is 0 Å². The summed E-state index contributed by atoms with van der Waals surface area (Å²) in [7, 11) is -3.23. The first-order valence-corrected chi connectivity index (χ1v) is 9.77. The van der Waals surface area contributed by atoms with Crippen molar-refractivity contribution < 1.29 is 13.5 Å². The van der Waals surface area contributed by atoms with Crippen LogP contribution in [0.1, 0.15) is 6.92 Å². The number of benzene rings is 2. The molecule has 1 aliphatic heterocycles. The van der Waals surface area contributed by atoms with Gasteiger partial charge in [-0.25, -0.2) is 8.42 Å². The van der Waals surface area contributed by atoms with Gasteiger partial charge in [-0.1, -0.05) is 19.1 Å². The van der Waals surface area contributed by atoms with E-state index in [0.717, 1.165) is 37.6 Å². The van der Waals surface area contributed by atoms with Crippen LogP contribution in [0.25, 0.3) is 0 Å². The Labute approximate surface area is 143 Å². The molecule has 2 aromatic rings. The maximum Gasteiger partial charge on any atom is 0.180 e. The Hall–Kier alpha value is -2.21. The lowest BCUT2D eigenvalue weighted by Gasteiger charge is -2.38. The molecule has 0 atom stereocenters. The third-order valence-corrected chi connectivity index (χ3v) is 6.19. The third-order valence-electron chi connectivity index (χ3n) is 4.42. The van der Waals surface area contributed by atoms with E-state index in [2.05, 4.69) is 9.80 Å². The zero-order chi connectivity index (χ0) is 17.2. The van der Waals surface area contributed by atoms with E-state index < -0.39 is 9.84 Å². The molecule has 1 saturated heterocycles. The number of sulfone groups is 1. The molecule has 0 aromatic heterocycles. The van der Waals surface area contributed by atoms with Gasteiger partial charge in [-0.05, 0) is 36.4 Å². The van der Waals surface area contributed by atoms with E-state index in [9.17, 15) is 13.5 Å². The van der Waals surface area contributed by atoms with E-state index in [1.165, 1.54) is 0 Å². The summed E-state index contributed by atoms with van der Waals surface area (Å²) >= 11 is 0.